The van der Waals surface area contributed by atoms with E-state index < -0.39 is 12.0 Å². The van der Waals surface area contributed by atoms with Crippen LogP contribution < -0.4 is 11.1 Å². The van der Waals surface area contributed by atoms with Gasteiger partial charge in [-0.15, -0.1) is 0 Å². The number of carbonyl (C=O) groups is 1. The number of hydrogen-bond acceptors (Lipinski definition) is 3. The summed E-state index contributed by atoms with van der Waals surface area (Å²) in [6, 6.07) is 4.96. The first-order valence-electron chi connectivity index (χ1n) is 5.02. The third-order valence-electron chi connectivity index (χ3n) is 2.89. The zero-order valence-electron chi connectivity index (χ0n) is 8.53. The van der Waals surface area contributed by atoms with Crippen LogP contribution in [0.25, 0.3) is 0 Å². The number of benzene rings is 1. The molecule has 0 spiro atoms. The fourth-order valence-electron chi connectivity index (χ4n) is 2.16. The summed E-state index contributed by atoms with van der Waals surface area (Å²) in [6.07, 6.45) is 0.792. The maximum Gasteiger partial charge on any atom is 0.326 e. The summed E-state index contributed by atoms with van der Waals surface area (Å²) in [5.41, 5.74) is 8.29. The van der Waals surface area contributed by atoms with Gasteiger partial charge in [0.15, 0.2) is 0 Å². The maximum atomic E-state index is 11.0. The van der Waals surface area contributed by atoms with Gasteiger partial charge in [0.1, 0.15) is 6.04 Å². The van der Waals surface area contributed by atoms with E-state index in [0.717, 1.165) is 17.7 Å². The third-order valence-corrected chi connectivity index (χ3v) is 2.89. The van der Waals surface area contributed by atoms with Gasteiger partial charge in [-0.05, 0) is 30.2 Å². The molecule has 1 aliphatic heterocycles. The Bertz CT molecular complexity index is 404. The Morgan fingerprint density at radius 1 is 1.60 bits per heavy atom. The number of anilines is 2. The summed E-state index contributed by atoms with van der Waals surface area (Å²) in [6.45, 7) is 1.99. The lowest BCUT2D eigenvalue weighted by atomic mass is 9.92. The summed E-state index contributed by atoms with van der Waals surface area (Å²) in [5.74, 6) is -0.794. The monoisotopic (exact) mass is 206 g/mol. The molecule has 2 rings (SSSR count). The van der Waals surface area contributed by atoms with Crippen LogP contribution in [0.5, 0.6) is 0 Å². The van der Waals surface area contributed by atoms with Gasteiger partial charge in [-0.25, -0.2) is 4.79 Å². The molecule has 0 bridgehead atoms. The molecular formula is C11H14N2O2. The Balaban J connectivity index is 2.42. The second-order valence-electron chi connectivity index (χ2n) is 3.82. The highest BCUT2D eigenvalue weighted by Gasteiger charge is 2.35. The average molecular weight is 206 g/mol. The van der Waals surface area contributed by atoms with Crippen molar-refractivity contribution >= 4 is 17.3 Å². The molecule has 1 aliphatic rings. The summed E-state index contributed by atoms with van der Waals surface area (Å²) in [7, 11) is 0. The van der Waals surface area contributed by atoms with Crippen molar-refractivity contribution in [2.24, 2.45) is 0 Å². The Morgan fingerprint density at radius 3 is 2.93 bits per heavy atom. The topological polar surface area (TPSA) is 75.3 Å². The average Bonchev–Trinajstić information content (AvgIpc) is 2.55. The molecular weight excluding hydrogens is 192 g/mol. The molecule has 2 atom stereocenters. The maximum absolute atomic E-state index is 11.0. The van der Waals surface area contributed by atoms with Gasteiger partial charge in [-0.1, -0.05) is 6.92 Å². The molecule has 0 saturated heterocycles. The lowest BCUT2D eigenvalue weighted by Gasteiger charge is -2.13. The fraction of sp³-hybridized carbons (Fsp3) is 0.364. The summed E-state index contributed by atoms with van der Waals surface area (Å²) in [5, 5.41) is 12.1. The fourth-order valence-corrected chi connectivity index (χ4v) is 2.16. The van der Waals surface area contributed by atoms with Crippen molar-refractivity contribution in [2.45, 2.75) is 25.3 Å². The van der Waals surface area contributed by atoms with E-state index >= 15 is 0 Å². The predicted octanol–water partition coefficient (Wildman–Crippen LogP) is 1.64. The highest BCUT2D eigenvalue weighted by atomic mass is 16.4. The number of rotatable bonds is 2. The van der Waals surface area contributed by atoms with Crippen LogP contribution in [0.2, 0.25) is 0 Å². The highest BCUT2D eigenvalue weighted by molar-refractivity contribution is 5.83. The van der Waals surface area contributed by atoms with Gasteiger partial charge in [0.05, 0.1) is 0 Å². The van der Waals surface area contributed by atoms with Gasteiger partial charge in [-0.2, -0.15) is 0 Å². The molecule has 4 heteroatoms. The van der Waals surface area contributed by atoms with E-state index in [-0.39, 0.29) is 5.92 Å². The van der Waals surface area contributed by atoms with E-state index in [1.807, 2.05) is 19.1 Å². The Hall–Kier alpha value is -1.71. The molecule has 0 saturated carbocycles. The number of nitrogen functional groups attached to an aromatic ring is 1. The van der Waals surface area contributed by atoms with E-state index in [1.165, 1.54) is 0 Å². The van der Waals surface area contributed by atoms with Crippen molar-refractivity contribution in [2.75, 3.05) is 11.1 Å². The smallest absolute Gasteiger partial charge is 0.326 e. The van der Waals surface area contributed by atoms with Crippen LogP contribution in [-0.2, 0) is 4.79 Å². The number of nitrogens with one attached hydrogen (secondary N) is 1. The Labute approximate surface area is 88.1 Å². The van der Waals surface area contributed by atoms with Crippen molar-refractivity contribution in [1.82, 2.24) is 0 Å². The Kier molecular flexibility index (Phi) is 2.26. The second-order valence-corrected chi connectivity index (χ2v) is 3.82. The summed E-state index contributed by atoms with van der Waals surface area (Å²) >= 11 is 0. The van der Waals surface area contributed by atoms with Crippen molar-refractivity contribution < 1.29 is 9.90 Å². The standard InChI is InChI=1S/C11H14N2O2/c1-2-7-8-5-6(12)3-4-9(8)13-10(7)11(14)15/h3-5,7,10,13H,2,12H2,1H3,(H,14,15). The van der Waals surface area contributed by atoms with Gasteiger partial charge in [0.25, 0.3) is 0 Å². The van der Waals surface area contributed by atoms with Crippen LogP contribution in [0.15, 0.2) is 18.2 Å². The number of fused-ring (bicyclic) bond motifs is 1. The first-order valence-corrected chi connectivity index (χ1v) is 5.02. The second kappa shape index (κ2) is 3.46. The minimum atomic E-state index is -0.809. The van der Waals surface area contributed by atoms with Crippen molar-refractivity contribution in [3.8, 4) is 0 Å². The molecule has 1 aromatic carbocycles. The van der Waals surface area contributed by atoms with Crippen LogP contribution >= 0.6 is 0 Å². The van der Waals surface area contributed by atoms with Gasteiger partial charge >= 0.3 is 5.97 Å². The van der Waals surface area contributed by atoms with Crippen molar-refractivity contribution in [3.63, 3.8) is 0 Å². The molecule has 0 radical (unpaired) electrons. The number of nitrogens with two attached hydrogens (primary N) is 1. The lowest BCUT2D eigenvalue weighted by molar-refractivity contribution is -0.138. The number of aliphatic carboxylic acids is 1. The predicted molar refractivity (Wildman–Crippen MR) is 58.9 cm³/mol. The normalized spacial score (nSPS) is 23.3. The van der Waals surface area contributed by atoms with Gasteiger partial charge < -0.3 is 16.2 Å². The van der Waals surface area contributed by atoms with E-state index in [1.54, 1.807) is 6.07 Å². The van der Waals surface area contributed by atoms with Crippen molar-refractivity contribution in [3.05, 3.63) is 23.8 Å². The first-order chi connectivity index (χ1) is 7.13. The van der Waals surface area contributed by atoms with Crippen molar-refractivity contribution in [1.29, 1.82) is 0 Å². The molecule has 15 heavy (non-hydrogen) atoms. The molecule has 4 nitrogen and oxygen atoms in total. The van der Waals surface area contributed by atoms with E-state index in [9.17, 15) is 4.79 Å². The molecule has 0 aliphatic carbocycles. The Morgan fingerprint density at radius 2 is 2.33 bits per heavy atom. The largest absolute Gasteiger partial charge is 0.480 e. The van der Waals surface area contributed by atoms with E-state index in [0.29, 0.717) is 5.69 Å². The van der Waals surface area contributed by atoms with Gasteiger partial charge in [0, 0.05) is 17.3 Å². The zero-order chi connectivity index (χ0) is 11.0. The van der Waals surface area contributed by atoms with Crippen LogP contribution in [-0.4, -0.2) is 17.1 Å². The van der Waals surface area contributed by atoms with Gasteiger partial charge in [0.2, 0.25) is 0 Å². The number of carboxylic acid groups (broad SMARTS) is 1. The van der Waals surface area contributed by atoms with Crippen LogP contribution in [0.4, 0.5) is 11.4 Å². The van der Waals surface area contributed by atoms with E-state index in [2.05, 4.69) is 5.32 Å². The van der Waals surface area contributed by atoms with Crippen LogP contribution in [0.1, 0.15) is 24.8 Å². The molecule has 2 unspecified atom stereocenters. The molecule has 1 heterocycles. The summed E-state index contributed by atoms with van der Waals surface area (Å²) in [4.78, 5) is 11.0. The number of carboxylic acids is 1. The third kappa shape index (κ3) is 1.52. The minimum Gasteiger partial charge on any atom is -0.480 e. The lowest BCUT2D eigenvalue weighted by Crippen LogP contribution is -2.29. The van der Waals surface area contributed by atoms with E-state index in [4.69, 9.17) is 10.8 Å². The molecule has 0 fully saturated rings. The quantitative estimate of drug-likeness (QED) is 0.643. The van der Waals surface area contributed by atoms with Gasteiger partial charge in [-0.3, -0.25) is 0 Å². The molecule has 80 valence electrons. The van der Waals surface area contributed by atoms with Crippen LogP contribution in [0.3, 0.4) is 0 Å². The van der Waals surface area contributed by atoms with Crippen LogP contribution in [0, 0.1) is 0 Å². The minimum absolute atomic E-state index is 0.0148. The molecule has 1 aromatic rings. The summed E-state index contributed by atoms with van der Waals surface area (Å²) < 4.78 is 0. The molecule has 4 N–H and O–H groups in total. The zero-order valence-corrected chi connectivity index (χ0v) is 8.53. The molecule has 0 aromatic heterocycles. The SMILES string of the molecule is CCC1c2cc(N)ccc2NC1C(=O)O. The molecule has 0 amide bonds. The number of hydrogen-bond donors (Lipinski definition) is 3. The highest BCUT2D eigenvalue weighted by Crippen LogP contribution is 2.38. The first kappa shape index (κ1) is 9.83.